The molecule has 0 spiro atoms. The topological polar surface area (TPSA) is 101 Å². The number of Topliss-reactive ketones (excluding diaryl/α,β-unsaturated/α-hetero) is 1. The van der Waals surface area contributed by atoms with Crippen LogP contribution in [0.5, 0.6) is 0 Å². The first-order valence-corrected chi connectivity index (χ1v) is 9.37. The molecule has 160 valence electrons. The molecule has 1 aromatic heterocycles. The molecule has 1 atom stereocenters. The van der Waals surface area contributed by atoms with Crippen LogP contribution in [0.1, 0.15) is 39.7 Å². The number of allylic oxidation sites excluding steroid dienone is 1. The Morgan fingerprint density at radius 2 is 2.10 bits per heavy atom. The van der Waals surface area contributed by atoms with Crippen molar-refractivity contribution in [3.63, 3.8) is 0 Å². The summed E-state index contributed by atoms with van der Waals surface area (Å²) < 4.78 is 45.6. The number of aliphatic imine (C=N–C) groups is 1. The highest BCUT2D eigenvalue weighted by Gasteiger charge is 2.32. The Morgan fingerprint density at radius 3 is 2.77 bits per heavy atom. The van der Waals surface area contributed by atoms with Gasteiger partial charge in [-0.15, -0.1) is 0 Å². The molecular formula is C22H19F3N4O2. The van der Waals surface area contributed by atoms with Crippen LogP contribution in [-0.4, -0.2) is 30.1 Å². The molecule has 2 aromatic rings. The fraction of sp³-hybridized carbons (Fsp3) is 0.273. The molecule has 0 aliphatic carbocycles. The third-order valence-corrected chi connectivity index (χ3v) is 4.82. The molecule has 0 fully saturated rings. The van der Waals surface area contributed by atoms with Crippen LogP contribution < -0.4 is 5.73 Å². The van der Waals surface area contributed by atoms with Gasteiger partial charge in [0, 0.05) is 24.6 Å². The van der Waals surface area contributed by atoms with Crippen molar-refractivity contribution in [2.45, 2.75) is 25.3 Å². The minimum absolute atomic E-state index is 0.0544. The first kappa shape index (κ1) is 22.0. The quantitative estimate of drug-likeness (QED) is 0.681. The Kier molecular flexibility index (Phi) is 6.39. The van der Waals surface area contributed by atoms with Gasteiger partial charge in [-0.2, -0.15) is 5.26 Å². The molecule has 2 N–H and O–H groups in total. The predicted octanol–water partition coefficient (Wildman–Crippen LogP) is 3.44. The number of aromatic nitrogens is 1. The number of halogens is 3. The lowest BCUT2D eigenvalue weighted by Crippen LogP contribution is -2.31. The molecule has 3 rings (SSSR count). The molecule has 2 heterocycles. The van der Waals surface area contributed by atoms with Crippen LogP contribution in [-0.2, 0) is 23.1 Å². The third-order valence-electron chi connectivity index (χ3n) is 4.82. The summed E-state index contributed by atoms with van der Waals surface area (Å²) >= 11 is 0. The maximum atomic E-state index is 14.6. The summed E-state index contributed by atoms with van der Waals surface area (Å²) in [6.07, 6.45) is 2.38. The summed E-state index contributed by atoms with van der Waals surface area (Å²) in [6, 6.07) is 7.10. The van der Waals surface area contributed by atoms with Crippen LogP contribution in [0.4, 0.5) is 13.2 Å². The number of hydrogen-bond donors (Lipinski definition) is 1. The number of nitrogens with zero attached hydrogens (tertiary/aromatic N) is 3. The smallest absolute Gasteiger partial charge is 0.288 e. The van der Waals surface area contributed by atoms with E-state index in [2.05, 4.69) is 9.98 Å². The number of nitriles is 1. The molecule has 1 aliphatic heterocycles. The van der Waals surface area contributed by atoms with E-state index in [0.717, 1.165) is 0 Å². The largest absolute Gasteiger partial charge is 0.428 e. The summed E-state index contributed by atoms with van der Waals surface area (Å²) in [6.45, 7) is -0.0997. The second-order valence-electron chi connectivity index (χ2n) is 7.14. The van der Waals surface area contributed by atoms with Crippen LogP contribution in [0.15, 0.2) is 47.3 Å². The van der Waals surface area contributed by atoms with E-state index in [1.54, 1.807) is 6.92 Å². The molecule has 31 heavy (non-hydrogen) atoms. The lowest BCUT2D eigenvalue weighted by atomic mass is 9.88. The minimum Gasteiger partial charge on any atom is -0.428 e. The summed E-state index contributed by atoms with van der Waals surface area (Å²) in [5.74, 6) is -1.11. The summed E-state index contributed by atoms with van der Waals surface area (Å²) in [5, 5.41) is 8.99. The van der Waals surface area contributed by atoms with E-state index in [1.165, 1.54) is 36.5 Å². The Bertz CT molecular complexity index is 1120. The lowest BCUT2D eigenvalue weighted by Gasteiger charge is -2.28. The Morgan fingerprint density at radius 1 is 1.32 bits per heavy atom. The number of hydrogen-bond acceptors (Lipinski definition) is 6. The molecule has 1 aliphatic rings. The van der Waals surface area contributed by atoms with Gasteiger partial charge in [0.15, 0.2) is 5.78 Å². The fourth-order valence-corrected chi connectivity index (χ4v) is 3.42. The van der Waals surface area contributed by atoms with E-state index >= 15 is 0 Å². The van der Waals surface area contributed by atoms with Crippen LogP contribution in [0.25, 0.3) is 0 Å². The van der Waals surface area contributed by atoms with Gasteiger partial charge in [0.05, 0.1) is 12.2 Å². The van der Waals surface area contributed by atoms with Crippen molar-refractivity contribution in [2.75, 3.05) is 13.3 Å². The molecule has 1 aromatic carbocycles. The molecule has 9 heteroatoms. The number of aryl methyl sites for hydroxylation is 1. The highest BCUT2D eigenvalue weighted by atomic mass is 19.1. The van der Waals surface area contributed by atoms with Gasteiger partial charge in [-0.05, 0) is 42.3 Å². The number of carbonyl (C=O) groups is 1. The number of amidine groups is 1. The lowest BCUT2D eigenvalue weighted by molar-refractivity contribution is 0.0987. The van der Waals surface area contributed by atoms with Gasteiger partial charge >= 0.3 is 0 Å². The van der Waals surface area contributed by atoms with E-state index in [0.29, 0.717) is 11.1 Å². The van der Waals surface area contributed by atoms with Crippen molar-refractivity contribution >= 4 is 11.8 Å². The zero-order chi connectivity index (χ0) is 22.6. The Hall–Kier alpha value is -3.67. The van der Waals surface area contributed by atoms with Crippen LogP contribution >= 0.6 is 0 Å². The van der Waals surface area contributed by atoms with Gasteiger partial charge in [0.1, 0.15) is 35.6 Å². The molecule has 0 radical (unpaired) electrons. The van der Waals surface area contributed by atoms with Crippen LogP contribution in [0.2, 0.25) is 0 Å². The van der Waals surface area contributed by atoms with Crippen LogP contribution in [0.3, 0.4) is 0 Å². The standard InChI is InChI=1S/C22H19F3N4O2/c1-22(9-16(10-24)31-21(27)29-22)17-7-13(2-3-18(17)25)8-19(30)20-15(4-5-23)6-14(11-26)12-28-20/h2-3,6-7,9,12H,4-5,8,10H2,1H3,(H2,27,29)/t22-/m0/s1. The fourth-order valence-electron chi connectivity index (χ4n) is 3.42. The van der Waals surface area contributed by atoms with Crippen molar-refractivity contribution in [1.82, 2.24) is 4.98 Å². The van der Waals surface area contributed by atoms with Crippen molar-refractivity contribution in [1.29, 1.82) is 5.26 Å². The van der Waals surface area contributed by atoms with Gasteiger partial charge in [-0.1, -0.05) is 6.07 Å². The molecule has 6 nitrogen and oxygen atoms in total. The highest BCUT2D eigenvalue weighted by molar-refractivity contribution is 5.97. The second-order valence-corrected chi connectivity index (χ2v) is 7.14. The van der Waals surface area contributed by atoms with Gasteiger partial charge in [-0.25, -0.2) is 13.8 Å². The molecule has 0 bridgehead atoms. The average molecular weight is 428 g/mol. The Balaban J connectivity index is 1.95. The van der Waals surface area contributed by atoms with Crippen molar-refractivity contribution < 1.29 is 22.7 Å². The van der Waals surface area contributed by atoms with Gasteiger partial charge < -0.3 is 10.5 Å². The van der Waals surface area contributed by atoms with E-state index < -0.39 is 30.5 Å². The van der Waals surface area contributed by atoms with Crippen molar-refractivity contribution in [3.8, 4) is 6.07 Å². The van der Waals surface area contributed by atoms with Crippen molar-refractivity contribution in [3.05, 3.63) is 76.1 Å². The van der Waals surface area contributed by atoms with E-state index in [4.69, 9.17) is 15.7 Å². The molecule has 0 saturated carbocycles. The summed E-state index contributed by atoms with van der Waals surface area (Å²) in [5.41, 5.74) is 5.45. The predicted molar refractivity (Wildman–Crippen MR) is 107 cm³/mol. The number of benzene rings is 1. The number of carbonyl (C=O) groups excluding carboxylic acids is 1. The van der Waals surface area contributed by atoms with E-state index in [9.17, 15) is 18.0 Å². The maximum absolute atomic E-state index is 14.6. The number of ketones is 1. The van der Waals surface area contributed by atoms with Crippen molar-refractivity contribution in [2.24, 2.45) is 10.7 Å². The first-order chi connectivity index (χ1) is 14.8. The first-order valence-electron chi connectivity index (χ1n) is 9.37. The number of ether oxygens (including phenoxy) is 1. The normalized spacial score (nSPS) is 17.9. The summed E-state index contributed by atoms with van der Waals surface area (Å²) in [7, 11) is 0. The van der Waals surface area contributed by atoms with Crippen LogP contribution in [0, 0.1) is 17.1 Å². The number of nitrogens with two attached hydrogens (primary N) is 1. The average Bonchev–Trinajstić information content (AvgIpc) is 2.74. The Labute approximate surface area is 176 Å². The molecule has 0 saturated heterocycles. The third kappa shape index (κ3) is 4.74. The zero-order valence-electron chi connectivity index (χ0n) is 16.7. The number of rotatable bonds is 7. The molecule has 0 amide bonds. The number of alkyl halides is 2. The zero-order valence-corrected chi connectivity index (χ0v) is 16.7. The molecular weight excluding hydrogens is 409 g/mol. The summed E-state index contributed by atoms with van der Waals surface area (Å²) in [4.78, 5) is 20.9. The number of pyridine rings is 1. The molecule has 0 unspecified atom stereocenters. The maximum Gasteiger partial charge on any atom is 0.288 e. The highest BCUT2D eigenvalue weighted by Crippen LogP contribution is 2.34. The SMILES string of the molecule is C[C@@]1(c2cc(CC(=O)c3ncc(C#N)cc3CCF)ccc2F)C=C(CF)OC(N)=N1. The van der Waals surface area contributed by atoms with E-state index in [1.807, 2.05) is 6.07 Å². The monoisotopic (exact) mass is 428 g/mol. The van der Waals surface area contributed by atoms with Gasteiger partial charge in [0.2, 0.25) is 0 Å². The van der Waals surface area contributed by atoms with Gasteiger partial charge in [-0.3, -0.25) is 14.2 Å². The van der Waals surface area contributed by atoms with Gasteiger partial charge in [0.25, 0.3) is 6.02 Å². The van der Waals surface area contributed by atoms with E-state index in [-0.39, 0.29) is 41.4 Å². The minimum atomic E-state index is -1.32. The second kappa shape index (κ2) is 9.00.